The minimum Gasteiger partial charge on any atom is -0.478 e. The van der Waals surface area contributed by atoms with Gasteiger partial charge in [-0.2, -0.15) is 0 Å². The van der Waals surface area contributed by atoms with Crippen molar-refractivity contribution in [3.05, 3.63) is 64.7 Å². The molecule has 2 N–H and O–H groups in total. The smallest absolute Gasteiger partial charge is 0.413 e. The van der Waals surface area contributed by atoms with Crippen molar-refractivity contribution in [2.24, 2.45) is 0 Å². The van der Waals surface area contributed by atoms with Crippen molar-refractivity contribution in [3.8, 4) is 0 Å². The molecule has 0 unspecified atom stereocenters. The molecule has 1 heterocycles. The Bertz CT molecular complexity index is 945. The van der Waals surface area contributed by atoms with E-state index in [1.54, 1.807) is 6.08 Å². The summed E-state index contributed by atoms with van der Waals surface area (Å²) in [5, 5.41) is 13.5. The second-order valence-corrected chi connectivity index (χ2v) is 7.17. The number of rotatable bonds is 9. The van der Waals surface area contributed by atoms with Gasteiger partial charge in [-0.1, -0.05) is 42.0 Å². The van der Waals surface area contributed by atoms with Gasteiger partial charge in [-0.25, -0.2) is 14.6 Å². The number of carboxylic acids is 1. The third-order valence-corrected chi connectivity index (χ3v) is 4.40. The van der Waals surface area contributed by atoms with Gasteiger partial charge in [0.05, 0.1) is 17.7 Å². The van der Waals surface area contributed by atoms with Crippen molar-refractivity contribution in [1.29, 1.82) is 0 Å². The molecule has 9 heteroatoms. The molecule has 0 spiro atoms. The molecular weight excluding hydrogens is 408 g/mol. The number of benzene rings is 1. The van der Waals surface area contributed by atoms with E-state index in [4.69, 9.17) is 9.47 Å². The maximum atomic E-state index is 11.9. The van der Waals surface area contributed by atoms with E-state index in [1.807, 2.05) is 44.2 Å². The first-order valence-electron chi connectivity index (χ1n) is 9.01. The van der Waals surface area contributed by atoms with Crippen LogP contribution in [0.5, 0.6) is 0 Å². The summed E-state index contributed by atoms with van der Waals surface area (Å²) < 4.78 is 10.1. The summed E-state index contributed by atoms with van der Waals surface area (Å²) in [5.74, 6) is -1.79. The van der Waals surface area contributed by atoms with Crippen LogP contribution < -0.4 is 5.32 Å². The van der Waals surface area contributed by atoms with Crippen LogP contribution in [0.3, 0.4) is 0 Å². The Balaban J connectivity index is 1.93. The minimum atomic E-state index is -1.24. The Hall–Kier alpha value is -3.46. The zero-order valence-corrected chi connectivity index (χ0v) is 17.4. The summed E-state index contributed by atoms with van der Waals surface area (Å²) in [5.41, 5.74) is 1.81. The van der Waals surface area contributed by atoms with Gasteiger partial charge in [0.1, 0.15) is 13.2 Å². The SMILES string of the molecule is CC(C)=CCOC(=O)C/C=C(/C(=O)O)c1csc(NC(=O)OCc2ccccc2)n1. The molecule has 0 aliphatic rings. The standard InChI is InChI=1S/C21H22N2O6S/c1-14(2)10-11-28-18(24)9-8-16(19(25)26)17-13-30-20(22-17)23-21(27)29-12-15-6-4-3-5-7-15/h3-8,10,13H,9,11-12H2,1-2H3,(H,25,26)(H,22,23,27)/b16-8+. The highest BCUT2D eigenvalue weighted by atomic mass is 32.1. The Morgan fingerprint density at radius 3 is 2.53 bits per heavy atom. The van der Waals surface area contributed by atoms with Crippen LogP contribution in [0, 0.1) is 0 Å². The molecule has 0 fully saturated rings. The second-order valence-electron chi connectivity index (χ2n) is 6.32. The number of hydrogen-bond acceptors (Lipinski definition) is 7. The minimum absolute atomic E-state index is 0.0973. The summed E-state index contributed by atoms with van der Waals surface area (Å²) in [6, 6.07) is 9.17. The molecule has 0 saturated heterocycles. The zero-order chi connectivity index (χ0) is 21.9. The van der Waals surface area contributed by atoms with Gasteiger partial charge in [-0.15, -0.1) is 11.3 Å². The Labute approximate surface area is 177 Å². The third kappa shape index (κ3) is 7.88. The van der Waals surface area contributed by atoms with Crippen LogP contribution in [0.4, 0.5) is 9.93 Å². The van der Waals surface area contributed by atoms with Gasteiger partial charge in [0.2, 0.25) is 0 Å². The van der Waals surface area contributed by atoms with E-state index < -0.39 is 18.0 Å². The Kier molecular flexibility index (Phi) is 8.76. The number of ether oxygens (including phenoxy) is 2. The van der Waals surface area contributed by atoms with E-state index in [9.17, 15) is 19.5 Å². The normalized spacial score (nSPS) is 10.8. The Morgan fingerprint density at radius 2 is 1.87 bits per heavy atom. The van der Waals surface area contributed by atoms with Crippen LogP contribution in [0.25, 0.3) is 5.57 Å². The van der Waals surface area contributed by atoms with Gasteiger partial charge in [0.15, 0.2) is 5.13 Å². The summed E-state index contributed by atoms with van der Waals surface area (Å²) >= 11 is 1.05. The quantitative estimate of drug-likeness (QED) is 0.347. The third-order valence-electron chi connectivity index (χ3n) is 3.64. The molecule has 0 bridgehead atoms. The van der Waals surface area contributed by atoms with Gasteiger partial charge >= 0.3 is 18.0 Å². The lowest BCUT2D eigenvalue weighted by atomic mass is 10.1. The number of aromatic nitrogens is 1. The lowest BCUT2D eigenvalue weighted by Crippen LogP contribution is -2.13. The number of hydrogen-bond donors (Lipinski definition) is 2. The van der Waals surface area contributed by atoms with Crippen molar-refractivity contribution >= 4 is 40.1 Å². The molecule has 0 aliphatic heterocycles. The number of esters is 1. The zero-order valence-electron chi connectivity index (χ0n) is 16.6. The monoisotopic (exact) mass is 430 g/mol. The number of nitrogens with zero attached hydrogens (tertiary/aromatic N) is 1. The Morgan fingerprint density at radius 1 is 1.13 bits per heavy atom. The topological polar surface area (TPSA) is 115 Å². The number of amides is 1. The van der Waals surface area contributed by atoms with Crippen LogP contribution in [0.2, 0.25) is 0 Å². The van der Waals surface area contributed by atoms with Gasteiger partial charge < -0.3 is 14.6 Å². The van der Waals surface area contributed by atoms with Gasteiger partial charge in [0.25, 0.3) is 0 Å². The van der Waals surface area contributed by atoms with E-state index in [-0.39, 0.29) is 36.0 Å². The van der Waals surface area contributed by atoms with E-state index in [2.05, 4.69) is 10.3 Å². The molecule has 2 rings (SSSR count). The van der Waals surface area contributed by atoms with Gasteiger partial charge in [-0.05, 0) is 25.5 Å². The van der Waals surface area contributed by atoms with E-state index in [0.29, 0.717) is 0 Å². The van der Waals surface area contributed by atoms with Crippen LogP contribution >= 0.6 is 11.3 Å². The number of aliphatic carboxylic acids is 1. The van der Waals surface area contributed by atoms with E-state index >= 15 is 0 Å². The number of nitrogens with one attached hydrogen (secondary N) is 1. The molecule has 2 aromatic rings. The molecule has 30 heavy (non-hydrogen) atoms. The van der Waals surface area contributed by atoms with Crippen molar-refractivity contribution < 1.29 is 29.0 Å². The van der Waals surface area contributed by atoms with Gasteiger partial charge in [-0.3, -0.25) is 10.1 Å². The molecular formula is C21H22N2O6S. The summed E-state index contributed by atoms with van der Waals surface area (Å²) in [7, 11) is 0. The predicted molar refractivity (Wildman–Crippen MR) is 113 cm³/mol. The molecule has 1 aromatic heterocycles. The molecule has 8 nitrogen and oxygen atoms in total. The van der Waals surface area contributed by atoms with Crippen molar-refractivity contribution in [2.75, 3.05) is 11.9 Å². The number of carbonyl (C=O) groups excluding carboxylic acids is 2. The fraction of sp³-hybridized carbons (Fsp3) is 0.238. The van der Waals surface area contributed by atoms with Crippen LogP contribution in [-0.4, -0.2) is 34.7 Å². The maximum Gasteiger partial charge on any atom is 0.413 e. The first kappa shape index (κ1) is 22.8. The van der Waals surface area contributed by atoms with Crippen molar-refractivity contribution in [1.82, 2.24) is 4.98 Å². The highest BCUT2D eigenvalue weighted by molar-refractivity contribution is 7.14. The highest BCUT2D eigenvalue weighted by Crippen LogP contribution is 2.22. The van der Waals surface area contributed by atoms with Crippen LogP contribution in [0.15, 0.2) is 53.4 Å². The van der Waals surface area contributed by atoms with E-state index in [0.717, 1.165) is 22.5 Å². The lowest BCUT2D eigenvalue weighted by Gasteiger charge is -2.04. The maximum absolute atomic E-state index is 11.9. The first-order chi connectivity index (χ1) is 14.3. The van der Waals surface area contributed by atoms with Crippen LogP contribution in [0.1, 0.15) is 31.5 Å². The average Bonchev–Trinajstić information content (AvgIpc) is 3.14. The van der Waals surface area contributed by atoms with Crippen molar-refractivity contribution in [2.45, 2.75) is 26.9 Å². The molecule has 0 aliphatic carbocycles. The largest absolute Gasteiger partial charge is 0.478 e. The molecule has 158 valence electrons. The van der Waals surface area contributed by atoms with Crippen molar-refractivity contribution in [3.63, 3.8) is 0 Å². The molecule has 1 amide bonds. The summed E-state index contributed by atoms with van der Waals surface area (Å²) in [6.07, 6.45) is 2.07. The number of carboxylic acid groups (broad SMARTS) is 1. The number of carbonyl (C=O) groups is 3. The summed E-state index contributed by atoms with van der Waals surface area (Å²) in [4.78, 5) is 39.3. The number of anilines is 1. The molecule has 0 saturated carbocycles. The number of thiazole rings is 1. The molecule has 1 aromatic carbocycles. The second kappa shape index (κ2) is 11.5. The average molecular weight is 430 g/mol. The highest BCUT2D eigenvalue weighted by Gasteiger charge is 2.16. The van der Waals surface area contributed by atoms with Gasteiger partial charge in [0, 0.05) is 5.38 Å². The fourth-order valence-electron chi connectivity index (χ4n) is 2.15. The fourth-order valence-corrected chi connectivity index (χ4v) is 2.84. The molecule has 0 radical (unpaired) electrons. The predicted octanol–water partition coefficient (Wildman–Crippen LogP) is 4.26. The lowest BCUT2D eigenvalue weighted by molar-refractivity contribution is -0.141. The van der Waals surface area contributed by atoms with Crippen LogP contribution in [-0.2, 0) is 25.7 Å². The first-order valence-corrected chi connectivity index (χ1v) is 9.89. The van der Waals surface area contributed by atoms with E-state index in [1.165, 1.54) is 11.5 Å². The summed E-state index contributed by atoms with van der Waals surface area (Å²) in [6.45, 7) is 3.98. The molecule has 0 atom stereocenters. The number of allylic oxidation sites excluding steroid dienone is 1.